The van der Waals surface area contributed by atoms with Gasteiger partial charge in [0, 0.05) is 12.6 Å². The molecule has 0 radical (unpaired) electrons. The summed E-state index contributed by atoms with van der Waals surface area (Å²) >= 11 is 0. The molecule has 0 unspecified atom stereocenters. The topological polar surface area (TPSA) is 81.2 Å². The van der Waals surface area contributed by atoms with Crippen molar-refractivity contribution in [2.24, 2.45) is 0 Å². The Morgan fingerprint density at radius 1 is 1.50 bits per heavy atom. The molecule has 0 aliphatic heterocycles. The minimum Gasteiger partial charge on any atom is -0.444 e. The summed E-state index contributed by atoms with van der Waals surface area (Å²) in [4.78, 5) is 14.7. The van der Waals surface area contributed by atoms with E-state index < -0.39 is 4.92 Å². The second-order valence-corrected chi connectivity index (χ2v) is 3.95. The van der Waals surface area contributed by atoms with E-state index in [2.05, 4.69) is 10.3 Å². The molecule has 6 nitrogen and oxygen atoms in total. The number of nitro groups is 1. The van der Waals surface area contributed by atoms with Gasteiger partial charge in [0.1, 0.15) is 11.8 Å². The maximum atomic E-state index is 11.0. The largest absolute Gasteiger partial charge is 0.444 e. The van der Waals surface area contributed by atoms with Crippen LogP contribution in [0.4, 0.5) is 5.69 Å². The van der Waals surface area contributed by atoms with Crippen molar-refractivity contribution in [2.75, 3.05) is 7.05 Å². The van der Waals surface area contributed by atoms with Gasteiger partial charge in [-0.3, -0.25) is 10.1 Å². The average Bonchev–Trinajstić information content (AvgIpc) is 2.77. The van der Waals surface area contributed by atoms with Crippen LogP contribution in [0.5, 0.6) is 0 Å². The molecule has 0 aliphatic carbocycles. The number of aryl methyl sites for hydroxylation is 1. The van der Waals surface area contributed by atoms with Crippen LogP contribution in [0.3, 0.4) is 0 Å². The van der Waals surface area contributed by atoms with E-state index in [-0.39, 0.29) is 11.6 Å². The molecule has 0 amide bonds. The molecule has 6 heteroatoms. The number of hydrogen-bond acceptors (Lipinski definition) is 5. The van der Waals surface area contributed by atoms with E-state index in [0.717, 1.165) is 5.56 Å². The first-order valence-electron chi connectivity index (χ1n) is 5.46. The zero-order chi connectivity index (χ0) is 13.1. The number of hydrogen-bond donors (Lipinski definition) is 1. The van der Waals surface area contributed by atoms with E-state index in [0.29, 0.717) is 17.8 Å². The average molecular weight is 247 g/mol. The molecule has 0 spiro atoms. The van der Waals surface area contributed by atoms with Crippen LogP contribution in [-0.4, -0.2) is 17.0 Å². The fourth-order valence-corrected chi connectivity index (χ4v) is 1.67. The number of nitro benzene ring substituents is 1. The molecule has 0 saturated carbocycles. The molecule has 1 heterocycles. The van der Waals surface area contributed by atoms with Crippen LogP contribution in [0.2, 0.25) is 0 Å². The summed E-state index contributed by atoms with van der Waals surface area (Å²) in [6, 6.07) is 4.86. The Morgan fingerprint density at radius 2 is 2.28 bits per heavy atom. The lowest BCUT2D eigenvalue weighted by Gasteiger charge is -2.00. The molecule has 1 aromatic heterocycles. The van der Waals surface area contributed by atoms with Gasteiger partial charge in [-0.2, -0.15) is 0 Å². The normalized spacial score (nSPS) is 10.6. The van der Waals surface area contributed by atoms with Gasteiger partial charge in [-0.05, 0) is 25.6 Å². The monoisotopic (exact) mass is 247 g/mol. The first kappa shape index (κ1) is 12.3. The van der Waals surface area contributed by atoms with Gasteiger partial charge in [0.05, 0.1) is 10.6 Å². The van der Waals surface area contributed by atoms with Crippen molar-refractivity contribution in [2.45, 2.75) is 13.5 Å². The van der Waals surface area contributed by atoms with Crippen LogP contribution < -0.4 is 5.32 Å². The van der Waals surface area contributed by atoms with Crippen molar-refractivity contribution in [3.63, 3.8) is 0 Å². The minimum absolute atomic E-state index is 0.00143. The van der Waals surface area contributed by atoms with Gasteiger partial charge in [-0.25, -0.2) is 4.98 Å². The second kappa shape index (κ2) is 4.97. The van der Waals surface area contributed by atoms with Crippen molar-refractivity contribution in [1.29, 1.82) is 0 Å². The lowest BCUT2D eigenvalue weighted by Crippen LogP contribution is -2.05. The highest BCUT2D eigenvalue weighted by Crippen LogP contribution is 2.30. The first-order valence-corrected chi connectivity index (χ1v) is 5.46. The summed E-state index contributed by atoms with van der Waals surface area (Å²) in [7, 11) is 1.80. The Hall–Kier alpha value is -2.21. The van der Waals surface area contributed by atoms with E-state index >= 15 is 0 Å². The third-order valence-electron chi connectivity index (χ3n) is 2.49. The summed E-state index contributed by atoms with van der Waals surface area (Å²) in [5, 5.41) is 13.9. The molecule has 0 atom stereocenters. The molecule has 0 fully saturated rings. The number of aromatic nitrogens is 1. The predicted octanol–water partition coefficient (Wildman–Crippen LogP) is 2.28. The lowest BCUT2D eigenvalue weighted by molar-refractivity contribution is -0.384. The fraction of sp³-hybridized carbons (Fsp3) is 0.250. The van der Waals surface area contributed by atoms with E-state index in [1.807, 2.05) is 6.92 Å². The zero-order valence-electron chi connectivity index (χ0n) is 10.1. The Labute approximate surface area is 104 Å². The van der Waals surface area contributed by atoms with Crippen LogP contribution >= 0.6 is 0 Å². The zero-order valence-corrected chi connectivity index (χ0v) is 10.1. The van der Waals surface area contributed by atoms with Crippen molar-refractivity contribution in [3.8, 4) is 11.5 Å². The van der Waals surface area contributed by atoms with Crippen molar-refractivity contribution >= 4 is 5.69 Å². The number of oxazole rings is 1. The Balaban J connectivity index is 2.47. The Morgan fingerprint density at radius 3 is 2.94 bits per heavy atom. The van der Waals surface area contributed by atoms with E-state index in [1.54, 1.807) is 19.2 Å². The summed E-state index contributed by atoms with van der Waals surface area (Å²) in [6.45, 7) is 2.42. The molecule has 1 aromatic carbocycles. The molecule has 18 heavy (non-hydrogen) atoms. The molecule has 1 N–H and O–H groups in total. The molecular formula is C12H13N3O3. The SMILES string of the molecule is CNCc1coc(-c2cc(C)ccc2[N+](=O)[O-])n1. The highest BCUT2D eigenvalue weighted by atomic mass is 16.6. The molecule has 0 saturated heterocycles. The molecule has 0 bridgehead atoms. The Bertz CT molecular complexity index is 578. The third kappa shape index (κ3) is 2.38. The van der Waals surface area contributed by atoms with Crippen LogP contribution in [-0.2, 0) is 6.54 Å². The Kier molecular flexibility index (Phi) is 3.38. The van der Waals surface area contributed by atoms with Crippen molar-refractivity contribution in [1.82, 2.24) is 10.3 Å². The van der Waals surface area contributed by atoms with Crippen molar-refractivity contribution in [3.05, 3.63) is 45.8 Å². The van der Waals surface area contributed by atoms with E-state index in [1.165, 1.54) is 12.3 Å². The molecular weight excluding hydrogens is 234 g/mol. The smallest absolute Gasteiger partial charge is 0.282 e. The van der Waals surface area contributed by atoms with Crippen LogP contribution in [0.15, 0.2) is 28.9 Å². The molecule has 2 rings (SSSR count). The standard InChI is InChI=1S/C12H13N3O3/c1-8-3-4-11(15(16)17)10(5-8)12-14-9(6-13-2)7-18-12/h3-5,7,13H,6H2,1-2H3. The summed E-state index contributed by atoms with van der Waals surface area (Å²) in [6.07, 6.45) is 1.50. The van der Waals surface area contributed by atoms with Crippen LogP contribution in [0, 0.1) is 17.0 Å². The first-order chi connectivity index (χ1) is 8.61. The van der Waals surface area contributed by atoms with Gasteiger partial charge >= 0.3 is 0 Å². The quantitative estimate of drug-likeness (QED) is 0.662. The van der Waals surface area contributed by atoms with E-state index in [9.17, 15) is 10.1 Å². The van der Waals surface area contributed by atoms with Crippen molar-refractivity contribution < 1.29 is 9.34 Å². The highest BCUT2D eigenvalue weighted by molar-refractivity contribution is 5.67. The van der Waals surface area contributed by atoms with Gasteiger partial charge < -0.3 is 9.73 Å². The van der Waals surface area contributed by atoms with Gasteiger partial charge in [0.15, 0.2) is 0 Å². The summed E-state index contributed by atoms with van der Waals surface area (Å²) < 4.78 is 5.29. The summed E-state index contributed by atoms with van der Waals surface area (Å²) in [5.41, 5.74) is 2.04. The maximum Gasteiger partial charge on any atom is 0.282 e. The summed E-state index contributed by atoms with van der Waals surface area (Å²) in [5.74, 6) is 0.274. The molecule has 2 aromatic rings. The molecule has 0 aliphatic rings. The maximum absolute atomic E-state index is 11.0. The molecule has 94 valence electrons. The minimum atomic E-state index is -0.434. The third-order valence-corrected chi connectivity index (χ3v) is 2.49. The van der Waals surface area contributed by atoms with E-state index in [4.69, 9.17) is 4.42 Å². The fourth-order valence-electron chi connectivity index (χ4n) is 1.67. The number of nitrogens with one attached hydrogen (secondary N) is 1. The van der Waals surface area contributed by atoms with Crippen LogP contribution in [0.25, 0.3) is 11.5 Å². The predicted molar refractivity (Wildman–Crippen MR) is 66.1 cm³/mol. The van der Waals surface area contributed by atoms with Gasteiger partial charge in [-0.15, -0.1) is 0 Å². The van der Waals surface area contributed by atoms with Crippen LogP contribution in [0.1, 0.15) is 11.3 Å². The lowest BCUT2D eigenvalue weighted by atomic mass is 10.1. The number of benzene rings is 1. The second-order valence-electron chi connectivity index (χ2n) is 3.95. The van der Waals surface area contributed by atoms with Gasteiger partial charge in [-0.1, -0.05) is 6.07 Å². The van der Waals surface area contributed by atoms with Gasteiger partial charge in [0.2, 0.25) is 5.89 Å². The number of nitrogens with zero attached hydrogens (tertiary/aromatic N) is 2. The number of rotatable bonds is 4. The highest BCUT2D eigenvalue weighted by Gasteiger charge is 2.19. The van der Waals surface area contributed by atoms with Gasteiger partial charge in [0.25, 0.3) is 5.69 Å².